The van der Waals surface area contributed by atoms with E-state index in [0.717, 1.165) is 17.7 Å². The van der Waals surface area contributed by atoms with Gasteiger partial charge in [-0.2, -0.15) is 0 Å². The number of rotatable bonds is 21. The van der Waals surface area contributed by atoms with E-state index in [4.69, 9.17) is 9.47 Å². The first-order valence-electron chi connectivity index (χ1n) is 14.1. The fourth-order valence-corrected chi connectivity index (χ4v) is 19.3. The summed E-state index contributed by atoms with van der Waals surface area (Å²) >= 11 is -2.26. The van der Waals surface area contributed by atoms with E-state index in [1.54, 1.807) is 13.2 Å². The summed E-state index contributed by atoms with van der Waals surface area (Å²) in [5, 5.41) is 10.5. The zero-order valence-electron chi connectivity index (χ0n) is 23.4. The Labute approximate surface area is 221 Å². The van der Waals surface area contributed by atoms with Crippen LogP contribution in [-0.4, -0.2) is 42.8 Å². The summed E-state index contributed by atoms with van der Waals surface area (Å²) < 4.78 is 19.0. The predicted octanol–water partition coefficient (Wildman–Crippen LogP) is 8.88. The molecule has 0 saturated heterocycles. The zero-order chi connectivity index (χ0) is 25.9. The molecule has 200 valence electrons. The summed E-state index contributed by atoms with van der Waals surface area (Å²) in [4.78, 5) is 0. The molecule has 0 aliphatic heterocycles. The van der Waals surface area contributed by atoms with Gasteiger partial charge in [-0.25, -0.2) is 0 Å². The number of hydrogen-bond donors (Lipinski definition) is 1. The van der Waals surface area contributed by atoms with Crippen molar-refractivity contribution < 1.29 is 14.6 Å². The number of methoxy groups -OCH3 is 1. The van der Waals surface area contributed by atoms with Crippen molar-refractivity contribution in [2.75, 3.05) is 7.11 Å². The molecule has 1 rings (SSSR count). The van der Waals surface area contributed by atoms with Crippen LogP contribution < -0.4 is 4.74 Å². The van der Waals surface area contributed by atoms with Gasteiger partial charge in [-0.3, -0.25) is 0 Å². The Kier molecular flexibility index (Phi) is 17.8. The number of allylic oxidation sites excluding steroid dienone is 1. The molecule has 1 aromatic rings. The van der Waals surface area contributed by atoms with Gasteiger partial charge < -0.3 is 0 Å². The fourth-order valence-electron chi connectivity index (χ4n) is 4.84. The van der Waals surface area contributed by atoms with Gasteiger partial charge >= 0.3 is 215 Å². The standard InChI is InChI=1S/C19H27O3.3C4H9.Sn/c1-5-7-15(3)19(13-17(20)8-6-2)22-14-16-9-11-18(21-4)12-10-16;3*1-3-4-2;/h1,5-6,9-12,15,17,19-20H,2,7-8,13-14H2,3-4H3;3*1,3-4H2,2H3;/t15-,17-,19+;;;;/m0..../s1. The van der Waals surface area contributed by atoms with Crippen LogP contribution in [0.2, 0.25) is 13.3 Å². The number of aliphatic hydroxyl groups is 1. The second-order valence-corrected chi connectivity index (χ2v) is 23.4. The number of benzene rings is 1. The molecule has 1 aromatic carbocycles. The molecule has 0 spiro atoms. The molecular weight excluding hydrogens is 539 g/mol. The Morgan fingerprint density at radius 3 is 2.00 bits per heavy atom. The Bertz CT molecular complexity index is 663. The van der Waals surface area contributed by atoms with Gasteiger partial charge in [0.15, 0.2) is 0 Å². The first kappa shape index (κ1) is 32.2. The van der Waals surface area contributed by atoms with Gasteiger partial charge in [0.2, 0.25) is 0 Å². The van der Waals surface area contributed by atoms with Crippen LogP contribution in [0.15, 0.2) is 47.1 Å². The third kappa shape index (κ3) is 13.4. The van der Waals surface area contributed by atoms with Crippen molar-refractivity contribution in [3.8, 4) is 5.75 Å². The molecule has 0 fully saturated rings. The topological polar surface area (TPSA) is 38.7 Å². The van der Waals surface area contributed by atoms with E-state index in [2.05, 4.69) is 56.6 Å². The van der Waals surface area contributed by atoms with Crippen molar-refractivity contribution in [1.29, 1.82) is 0 Å². The third-order valence-electron chi connectivity index (χ3n) is 7.26. The number of aliphatic hydroxyl groups excluding tert-OH is 1. The summed E-state index contributed by atoms with van der Waals surface area (Å²) in [5.74, 6) is 1.21. The second kappa shape index (κ2) is 19.3. The average Bonchev–Trinajstić information content (AvgIpc) is 2.87. The van der Waals surface area contributed by atoms with E-state index in [9.17, 15) is 5.11 Å². The molecule has 0 heterocycles. The molecule has 0 amide bonds. The van der Waals surface area contributed by atoms with Gasteiger partial charge in [0, 0.05) is 0 Å². The van der Waals surface area contributed by atoms with Crippen LogP contribution in [0.5, 0.6) is 5.75 Å². The molecule has 0 saturated carbocycles. The van der Waals surface area contributed by atoms with Crippen LogP contribution >= 0.6 is 0 Å². The molecular formula is C31H54O3Sn. The minimum atomic E-state index is -2.26. The Balaban J connectivity index is 2.91. The maximum atomic E-state index is 10.5. The second-order valence-electron chi connectivity index (χ2n) is 10.4. The molecule has 0 radical (unpaired) electrons. The normalized spacial score (nSPS) is 14.7. The van der Waals surface area contributed by atoms with Crippen LogP contribution in [0.1, 0.15) is 91.0 Å². The molecule has 3 atom stereocenters. The minimum absolute atomic E-state index is 0.0169. The van der Waals surface area contributed by atoms with Gasteiger partial charge in [-0.1, -0.05) is 0 Å². The summed E-state index contributed by atoms with van der Waals surface area (Å²) in [7, 11) is 1.68. The molecule has 0 bridgehead atoms. The summed E-state index contributed by atoms with van der Waals surface area (Å²) in [6.07, 6.45) is 14.3. The molecule has 1 N–H and O–H groups in total. The number of unbranched alkanes of at least 4 members (excludes halogenated alkanes) is 3. The van der Waals surface area contributed by atoms with Gasteiger partial charge in [-0.15, -0.1) is 0 Å². The van der Waals surface area contributed by atoms with Gasteiger partial charge in [0.1, 0.15) is 0 Å². The van der Waals surface area contributed by atoms with E-state index in [1.807, 2.05) is 12.1 Å². The first-order chi connectivity index (χ1) is 16.9. The number of hydrogen-bond acceptors (Lipinski definition) is 3. The Hall–Kier alpha value is -0.781. The van der Waals surface area contributed by atoms with Crippen molar-refractivity contribution >= 4 is 18.4 Å². The molecule has 0 aromatic heterocycles. The van der Waals surface area contributed by atoms with E-state index in [1.165, 1.54) is 51.8 Å². The van der Waals surface area contributed by atoms with Crippen LogP contribution in [0.3, 0.4) is 0 Å². The van der Waals surface area contributed by atoms with Crippen molar-refractivity contribution in [1.82, 2.24) is 0 Å². The van der Waals surface area contributed by atoms with Crippen LogP contribution in [0, 0.1) is 5.92 Å². The molecule has 0 aliphatic rings. The van der Waals surface area contributed by atoms with Gasteiger partial charge in [-0.05, 0) is 0 Å². The van der Waals surface area contributed by atoms with Crippen molar-refractivity contribution in [2.24, 2.45) is 5.92 Å². The molecule has 4 heteroatoms. The molecule has 35 heavy (non-hydrogen) atoms. The first-order valence-corrected chi connectivity index (χ1v) is 21.8. The Morgan fingerprint density at radius 2 is 1.51 bits per heavy atom. The molecule has 0 unspecified atom stereocenters. The third-order valence-corrected chi connectivity index (χ3v) is 21.5. The van der Waals surface area contributed by atoms with Crippen LogP contribution in [0.4, 0.5) is 0 Å². The van der Waals surface area contributed by atoms with Gasteiger partial charge in [0.25, 0.3) is 0 Å². The van der Waals surface area contributed by atoms with Gasteiger partial charge in [0.05, 0.1) is 7.11 Å². The summed E-state index contributed by atoms with van der Waals surface area (Å²) in [6.45, 7) is 13.6. The Morgan fingerprint density at radius 1 is 0.943 bits per heavy atom. The fraction of sp³-hybridized carbons (Fsp3) is 0.677. The average molecular weight is 593 g/mol. The van der Waals surface area contributed by atoms with Crippen LogP contribution in [-0.2, 0) is 11.3 Å². The van der Waals surface area contributed by atoms with E-state index < -0.39 is 24.5 Å². The van der Waals surface area contributed by atoms with Crippen molar-refractivity contribution in [3.63, 3.8) is 0 Å². The predicted molar refractivity (Wildman–Crippen MR) is 155 cm³/mol. The van der Waals surface area contributed by atoms with Crippen LogP contribution in [0.25, 0.3) is 0 Å². The quantitative estimate of drug-likeness (QED) is 0.114. The van der Waals surface area contributed by atoms with E-state index in [-0.39, 0.29) is 6.10 Å². The van der Waals surface area contributed by atoms with Crippen molar-refractivity contribution in [3.05, 3.63) is 52.7 Å². The monoisotopic (exact) mass is 594 g/mol. The van der Waals surface area contributed by atoms with E-state index in [0.29, 0.717) is 25.4 Å². The van der Waals surface area contributed by atoms with Crippen molar-refractivity contribution in [2.45, 2.75) is 118 Å². The summed E-state index contributed by atoms with van der Waals surface area (Å²) in [6, 6.07) is 8.06. The molecule has 3 nitrogen and oxygen atoms in total. The SMILES string of the molecule is C=CC[C@H](O)C[C@@H](OCc1ccc(OC)cc1)[C@@H](C)C/C=[CH]/[Sn]([CH2]CCC)([CH2]CCC)[CH2]CCC. The van der Waals surface area contributed by atoms with E-state index >= 15 is 0 Å². The zero-order valence-corrected chi connectivity index (χ0v) is 26.3. The molecule has 0 aliphatic carbocycles. The maximum absolute atomic E-state index is 10.5. The summed E-state index contributed by atoms with van der Waals surface area (Å²) in [5.41, 5.74) is 1.13. The number of ether oxygens (including phenoxy) is 2.